The lowest BCUT2D eigenvalue weighted by molar-refractivity contribution is 0.0989. The molecule has 2 aromatic carbocycles. The van der Waals surface area contributed by atoms with Crippen LogP contribution in [0.1, 0.15) is 65.8 Å². The van der Waals surface area contributed by atoms with Gasteiger partial charge < -0.3 is 4.98 Å². The fourth-order valence-electron chi connectivity index (χ4n) is 6.22. The van der Waals surface area contributed by atoms with Crippen LogP contribution in [0.4, 0.5) is 0 Å². The molecule has 3 heterocycles. The number of piperazine rings is 1. The molecule has 8 heteroatoms. The first kappa shape index (κ1) is 24.0. The van der Waals surface area contributed by atoms with Crippen molar-refractivity contribution in [1.82, 2.24) is 35.0 Å². The standard InChI is InChI=1S/C29H35N7O/c1-20-16-21(2)26-23(17-20)18-25(29(37)30-26)27(28-31-32-33-36(28)24-10-6-7-11-24)35-14-12-34(13-15-35)19-22-8-4-3-5-9-22/h3-5,8-9,16-18,24,27H,6-7,10-15,19H2,1-2H3,(H,30,37)/t27-/m0/s1. The first-order chi connectivity index (χ1) is 18.1. The van der Waals surface area contributed by atoms with E-state index in [1.807, 2.05) is 4.68 Å². The number of hydrogen-bond donors (Lipinski definition) is 1. The van der Waals surface area contributed by atoms with Gasteiger partial charge in [0.05, 0.1) is 11.6 Å². The number of H-pyrrole nitrogens is 1. The molecule has 1 aliphatic heterocycles. The number of hydrogen-bond acceptors (Lipinski definition) is 6. The third kappa shape index (κ3) is 4.83. The number of fused-ring (bicyclic) bond motifs is 1. The molecule has 2 aromatic heterocycles. The van der Waals surface area contributed by atoms with Crippen molar-refractivity contribution in [3.63, 3.8) is 0 Å². The predicted molar refractivity (Wildman–Crippen MR) is 144 cm³/mol. The van der Waals surface area contributed by atoms with E-state index in [1.165, 1.54) is 24.0 Å². The molecule has 0 spiro atoms. The van der Waals surface area contributed by atoms with E-state index < -0.39 is 0 Å². The second-order valence-electron chi connectivity index (χ2n) is 10.7. The molecule has 37 heavy (non-hydrogen) atoms. The van der Waals surface area contributed by atoms with Gasteiger partial charge in [0.25, 0.3) is 5.56 Å². The van der Waals surface area contributed by atoms with Crippen molar-refractivity contribution >= 4 is 10.9 Å². The molecule has 1 atom stereocenters. The van der Waals surface area contributed by atoms with Crippen molar-refractivity contribution in [2.75, 3.05) is 26.2 Å². The fourth-order valence-corrected chi connectivity index (χ4v) is 6.22. The number of aryl methyl sites for hydroxylation is 2. The summed E-state index contributed by atoms with van der Waals surface area (Å²) in [5, 5.41) is 14.2. The molecule has 0 unspecified atom stereocenters. The van der Waals surface area contributed by atoms with Crippen molar-refractivity contribution in [2.24, 2.45) is 0 Å². The summed E-state index contributed by atoms with van der Waals surface area (Å²) in [4.78, 5) is 21.7. The van der Waals surface area contributed by atoms with E-state index in [2.05, 4.69) is 92.7 Å². The third-order valence-corrected chi connectivity index (χ3v) is 8.07. The number of tetrazole rings is 1. The largest absolute Gasteiger partial charge is 0.321 e. The van der Waals surface area contributed by atoms with Crippen molar-refractivity contribution in [1.29, 1.82) is 0 Å². The molecule has 192 valence electrons. The highest BCUT2D eigenvalue weighted by atomic mass is 16.1. The number of nitrogens with zero attached hydrogens (tertiary/aromatic N) is 6. The number of pyridine rings is 1. The Kier molecular flexibility index (Phi) is 6.61. The topological polar surface area (TPSA) is 82.9 Å². The number of aromatic nitrogens is 5. The van der Waals surface area contributed by atoms with E-state index in [-0.39, 0.29) is 11.6 Å². The molecular formula is C29H35N7O. The summed E-state index contributed by atoms with van der Waals surface area (Å²) in [5.41, 5.74) is 5.17. The quantitative estimate of drug-likeness (QED) is 0.431. The maximum absolute atomic E-state index is 13.6. The van der Waals surface area contributed by atoms with Gasteiger partial charge in [-0.2, -0.15) is 0 Å². The molecule has 6 rings (SSSR count). The Labute approximate surface area is 217 Å². The van der Waals surface area contributed by atoms with E-state index in [0.717, 1.165) is 73.4 Å². The Morgan fingerprint density at radius 1 is 1.00 bits per heavy atom. The smallest absolute Gasteiger partial charge is 0.253 e. The second-order valence-corrected chi connectivity index (χ2v) is 10.7. The Bertz CT molecular complexity index is 1430. The molecule has 0 bridgehead atoms. The number of nitrogens with one attached hydrogen (secondary N) is 1. The lowest BCUT2D eigenvalue weighted by Gasteiger charge is -2.39. The average molecular weight is 498 g/mol. The van der Waals surface area contributed by atoms with Gasteiger partial charge in [0, 0.05) is 38.3 Å². The normalized spacial score (nSPS) is 18.5. The van der Waals surface area contributed by atoms with Gasteiger partial charge in [0.15, 0.2) is 5.82 Å². The highest BCUT2D eigenvalue weighted by molar-refractivity contribution is 5.83. The van der Waals surface area contributed by atoms with Crippen LogP contribution in [0.3, 0.4) is 0 Å². The summed E-state index contributed by atoms with van der Waals surface area (Å²) >= 11 is 0. The van der Waals surface area contributed by atoms with Gasteiger partial charge in [0.2, 0.25) is 0 Å². The van der Waals surface area contributed by atoms with Crippen molar-refractivity contribution in [3.05, 3.63) is 87.0 Å². The number of benzene rings is 2. The Morgan fingerprint density at radius 2 is 1.76 bits per heavy atom. The minimum absolute atomic E-state index is 0.0582. The summed E-state index contributed by atoms with van der Waals surface area (Å²) in [7, 11) is 0. The monoisotopic (exact) mass is 497 g/mol. The molecule has 1 saturated carbocycles. The van der Waals surface area contributed by atoms with Gasteiger partial charge in [-0.25, -0.2) is 4.68 Å². The van der Waals surface area contributed by atoms with Gasteiger partial charge in [0.1, 0.15) is 6.04 Å². The van der Waals surface area contributed by atoms with Crippen molar-refractivity contribution in [3.8, 4) is 0 Å². The van der Waals surface area contributed by atoms with Crippen LogP contribution in [-0.4, -0.2) is 61.2 Å². The average Bonchev–Trinajstić information content (AvgIpc) is 3.59. The lowest BCUT2D eigenvalue weighted by atomic mass is 10.00. The van der Waals surface area contributed by atoms with E-state index >= 15 is 0 Å². The molecule has 2 fully saturated rings. The van der Waals surface area contributed by atoms with E-state index in [4.69, 9.17) is 0 Å². The SMILES string of the molecule is Cc1cc(C)c2[nH]c(=O)c([C@@H](c3nnnn3C3CCCC3)N3CCN(Cc4ccccc4)CC3)cc2c1. The lowest BCUT2D eigenvalue weighted by Crippen LogP contribution is -2.48. The zero-order valence-corrected chi connectivity index (χ0v) is 21.7. The van der Waals surface area contributed by atoms with Crippen LogP contribution in [0.5, 0.6) is 0 Å². The Hall–Kier alpha value is -3.36. The summed E-state index contributed by atoms with van der Waals surface area (Å²) in [6.07, 6.45) is 4.56. The zero-order chi connectivity index (χ0) is 25.4. The van der Waals surface area contributed by atoms with Crippen LogP contribution >= 0.6 is 0 Å². The molecule has 1 saturated heterocycles. The first-order valence-corrected chi connectivity index (χ1v) is 13.5. The van der Waals surface area contributed by atoms with E-state index in [0.29, 0.717) is 6.04 Å². The van der Waals surface area contributed by atoms with Crippen LogP contribution < -0.4 is 5.56 Å². The highest BCUT2D eigenvalue weighted by Gasteiger charge is 2.34. The molecular weight excluding hydrogens is 462 g/mol. The second kappa shape index (κ2) is 10.2. The molecule has 1 N–H and O–H groups in total. The minimum atomic E-state index is -0.288. The molecule has 0 amide bonds. The van der Waals surface area contributed by atoms with Gasteiger partial charge in [-0.1, -0.05) is 54.8 Å². The Morgan fingerprint density at radius 3 is 2.51 bits per heavy atom. The maximum atomic E-state index is 13.6. The summed E-state index contributed by atoms with van der Waals surface area (Å²) in [6, 6.07) is 17.0. The van der Waals surface area contributed by atoms with Crippen LogP contribution in [-0.2, 0) is 6.54 Å². The van der Waals surface area contributed by atoms with Gasteiger partial charge in [-0.15, -0.1) is 5.10 Å². The highest BCUT2D eigenvalue weighted by Crippen LogP contribution is 2.34. The van der Waals surface area contributed by atoms with E-state index in [9.17, 15) is 4.79 Å². The van der Waals surface area contributed by atoms with Crippen molar-refractivity contribution in [2.45, 2.75) is 58.2 Å². The summed E-state index contributed by atoms with van der Waals surface area (Å²) in [6.45, 7) is 8.64. The van der Waals surface area contributed by atoms with Gasteiger partial charge in [-0.05, 0) is 65.8 Å². The predicted octanol–water partition coefficient (Wildman–Crippen LogP) is 4.15. The third-order valence-electron chi connectivity index (χ3n) is 8.07. The van der Waals surface area contributed by atoms with E-state index in [1.54, 1.807) is 0 Å². The first-order valence-electron chi connectivity index (χ1n) is 13.5. The van der Waals surface area contributed by atoms with Gasteiger partial charge in [-0.3, -0.25) is 14.6 Å². The van der Waals surface area contributed by atoms with Crippen LogP contribution in [0.2, 0.25) is 0 Å². The fraction of sp³-hybridized carbons (Fsp3) is 0.448. The van der Waals surface area contributed by atoms with Crippen LogP contribution in [0.15, 0.2) is 53.3 Å². The van der Waals surface area contributed by atoms with Crippen molar-refractivity contribution < 1.29 is 0 Å². The summed E-state index contributed by atoms with van der Waals surface area (Å²) < 4.78 is 2.01. The minimum Gasteiger partial charge on any atom is -0.321 e. The number of aromatic amines is 1. The van der Waals surface area contributed by atoms with Crippen LogP contribution in [0, 0.1) is 13.8 Å². The maximum Gasteiger partial charge on any atom is 0.253 e. The molecule has 8 nitrogen and oxygen atoms in total. The van der Waals surface area contributed by atoms with Crippen LogP contribution in [0.25, 0.3) is 10.9 Å². The Balaban J connectivity index is 1.37. The van der Waals surface area contributed by atoms with Gasteiger partial charge >= 0.3 is 0 Å². The molecule has 2 aliphatic rings. The molecule has 4 aromatic rings. The molecule has 0 radical (unpaired) electrons. The number of rotatable bonds is 6. The molecule has 1 aliphatic carbocycles. The summed E-state index contributed by atoms with van der Waals surface area (Å²) in [5.74, 6) is 0.789. The zero-order valence-electron chi connectivity index (χ0n) is 21.7.